The highest BCUT2D eigenvalue weighted by molar-refractivity contribution is 9.10. The summed E-state index contributed by atoms with van der Waals surface area (Å²) in [7, 11) is -2.57. The Kier molecular flexibility index (Phi) is 5.02. The quantitative estimate of drug-likeness (QED) is 0.737. The maximum absolute atomic E-state index is 12.6. The van der Waals surface area contributed by atoms with E-state index in [0.29, 0.717) is 5.69 Å². The second-order valence-corrected chi connectivity index (χ2v) is 7.95. The summed E-state index contributed by atoms with van der Waals surface area (Å²) < 4.78 is 31.9. The number of rotatable bonds is 5. The van der Waals surface area contributed by atoms with Crippen LogP contribution >= 0.6 is 27.3 Å². The van der Waals surface area contributed by atoms with Gasteiger partial charge in [0, 0.05) is 4.47 Å². The molecule has 8 heteroatoms. The molecule has 112 valence electrons. The molecule has 0 unspecified atom stereocenters. The van der Waals surface area contributed by atoms with Crippen LogP contribution in [0.4, 0.5) is 5.69 Å². The fourth-order valence-electron chi connectivity index (χ4n) is 1.62. The first-order chi connectivity index (χ1) is 9.95. The van der Waals surface area contributed by atoms with Gasteiger partial charge < -0.3 is 4.74 Å². The first-order valence-electron chi connectivity index (χ1n) is 5.84. The van der Waals surface area contributed by atoms with Gasteiger partial charge in [0.05, 0.1) is 12.8 Å². The monoisotopic (exact) mass is 389 g/mol. The number of carbonyl (C=O) groups excluding carboxylic acids is 1. The van der Waals surface area contributed by atoms with Crippen LogP contribution in [0.3, 0.4) is 0 Å². The molecule has 0 atom stereocenters. The van der Waals surface area contributed by atoms with Crippen molar-refractivity contribution in [2.75, 3.05) is 18.0 Å². The molecule has 0 amide bonds. The van der Waals surface area contributed by atoms with Crippen molar-refractivity contribution in [3.05, 3.63) is 46.3 Å². The van der Waals surface area contributed by atoms with Gasteiger partial charge in [-0.15, -0.1) is 11.3 Å². The molecule has 0 saturated carbocycles. The van der Waals surface area contributed by atoms with Gasteiger partial charge in [0.1, 0.15) is 10.8 Å². The van der Waals surface area contributed by atoms with Crippen LogP contribution < -0.4 is 4.31 Å². The van der Waals surface area contributed by atoms with Crippen LogP contribution in [0.25, 0.3) is 0 Å². The number of halogens is 1. The second-order valence-electron chi connectivity index (χ2n) is 4.00. The second kappa shape index (κ2) is 6.59. The predicted molar refractivity (Wildman–Crippen MR) is 85.0 cm³/mol. The highest BCUT2D eigenvalue weighted by atomic mass is 79.9. The van der Waals surface area contributed by atoms with E-state index < -0.39 is 16.0 Å². The minimum Gasteiger partial charge on any atom is -0.468 e. The summed E-state index contributed by atoms with van der Waals surface area (Å²) in [5.41, 5.74) is 0.400. The molecule has 0 aliphatic carbocycles. The molecule has 0 bridgehead atoms. The van der Waals surface area contributed by atoms with Crippen LogP contribution in [0, 0.1) is 0 Å². The predicted octanol–water partition coefficient (Wildman–Crippen LogP) is 2.88. The Balaban J connectivity index is 2.46. The van der Waals surface area contributed by atoms with Crippen molar-refractivity contribution in [3.8, 4) is 0 Å². The molecule has 0 saturated heterocycles. The minimum absolute atomic E-state index is 0.175. The molecule has 1 aromatic heterocycles. The zero-order chi connectivity index (χ0) is 15.5. The number of hydrogen-bond donors (Lipinski definition) is 0. The first kappa shape index (κ1) is 16.0. The lowest BCUT2D eigenvalue weighted by Crippen LogP contribution is -2.35. The van der Waals surface area contributed by atoms with Gasteiger partial charge >= 0.3 is 5.97 Å². The van der Waals surface area contributed by atoms with Gasteiger partial charge in [-0.25, -0.2) is 8.42 Å². The molecule has 2 aromatic rings. The number of ether oxygens (including phenoxy) is 1. The zero-order valence-corrected chi connectivity index (χ0v) is 14.2. The van der Waals surface area contributed by atoms with Crippen molar-refractivity contribution < 1.29 is 17.9 Å². The number of esters is 1. The molecule has 21 heavy (non-hydrogen) atoms. The van der Waals surface area contributed by atoms with E-state index in [9.17, 15) is 13.2 Å². The van der Waals surface area contributed by atoms with Crippen LogP contribution in [-0.4, -0.2) is 28.0 Å². The van der Waals surface area contributed by atoms with E-state index in [1.165, 1.54) is 13.2 Å². The third-order valence-electron chi connectivity index (χ3n) is 2.65. The summed E-state index contributed by atoms with van der Waals surface area (Å²) in [6.07, 6.45) is 0. The lowest BCUT2D eigenvalue weighted by Gasteiger charge is -2.22. The van der Waals surface area contributed by atoms with Crippen LogP contribution in [0.15, 0.2) is 50.5 Å². The van der Waals surface area contributed by atoms with Crippen LogP contribution in [0.1, 0.15) is 0 Å². The molecule has 1 aromatic carbocycles. The van der Waals surface area contributed by atoms with E-state index >= 15 is 0 Å². The highest BCUT2D eigenvalue weighted by Gasteiger charge is 2.28. The van der Waals surface area contributed by atoms with Crippen LogP contribution in [0.5, 0.6) is 0 Å². The van der Waals surface area contributed by atoms with E-state index in [-0.39, 0.29) is 10.8 Å². The van der Waals surface area contributed by atoms with Gasteiger partial charge in [-0.05, 0) is 35.7 Å². The molecule has 0 fully saturated rings. The standard InChI is InChI=1S/C13H12BrNO4S2/c1-19-12(16)9-15(11-6-4-10(14)5-7-11)21(17,18)13-3-2-8-20-13/h2-8H,9H2,1H3. The Bertz CT molecular complexity index is 711. The molecule has 0 radical (unpaired) electrons. The summed E-state index contributed by atoms with van der Waals surface area (Å²) in [6.45, 7) is -0.377. The van der Waals surface area contributed by atoms with Crippen LogP contribution in [-0.2, 0) is 19.6 Å². The van der Waals surface area contributed by atoms with Gasteiger partial charge in [-0.1, -0.05) is 22.0 Å². The number of methoxy groups -OCH3 is 1. The molecule has 0 N–H and O–H groups in total. The summed E-state index contributed by atoms with van der Waals surface area (Å²) in [6, 6.07) is 9.82. The van der Waals surface area contributed by atoms with Crippen molar-refractivity contribution in [1.29, 1.82) is 0 Å². The highest BCUT2D eigenvalue weighted by Crippen LogP contribution is 2.27. The number of thiophene rings is 1. The SMILES string of the molecule is COC(=O)CN(c1ccc(Br)cc1)S(=O)(=O)c1cccs1. The summed E-state index contributed by atoms with van der Waals surface area (Å²) >= 11 is 4.39. The fraction of sp³-hybridized carbons (Fsp3) is 0.154. The van der Waals surface area contributed by atoms with E-state index in [1.54, 1.807) is 35.7 Å². The Morgan fingerprint density at radius 3 is 2.48 bits per heavy atom. The lowest BCUT2D eigenvalue weighted by molar-refractivity contribution is -0.138. The fourth-order valence-corrected chi connectivity index (χ4v) is 4.40. The van der Waals surface area contributed by atoms with E-state index in [0.717, 1.165) is 20.1 Å². The summed E-state index contributed by atoms with van der Waals surface area (Å²) in [5.74, 6) is -0.627. The normalized spacial score (nSPS) is 11.1. The average molecular weight is 390 g/mol. The third kappa shape index (κ3) is 3.63. The number of sulfonamides is 1. The zero-order valence-electron chi connectivity index (χ0n) is 11.0. The number of hydrogen-bond acceptors (Lipinski definition) is 5. The molecule has 1 heterocycles. The maximum Gasteiger partial charge on any atom is 0.326 e. The Hall–Kier alpha value is -1.38. The molecule has 2 rings (SSSR count). The molecule has 5 nitrogen and oxygen atoms in total. The van der Waals surface area contributed by atoms with Crippen molar-refractivity contribution in [2.24, 2.45) is 0 Å². The molecular formula is C13H12BrNO4S2. The van der Waals surface area contributed by atoms with E-state index in [1.807, 2.05) is 0 Å². The topological polar surface area (TPSA) is 63.7 Å². The Morgan fingerprint density at radius 1 is 1.29 bits per heavy atom. The van der Waals surface area contributed by atoms with Crippen molar-refractivity contribution in [3.63, 3.8) is 0 Å². The summed E-state index contributed by atoms with van der Waals surface area (Å²) in [5, 5.41) is 1.67. The molecule has 0 aliphatic heterocycles. The number of carbonyl (C=O) groups is 1. The average Bonchev–Trinajstić information content (AvgIpc) is 3.00. The smallest absolute Gasteiger partial charge is 0.326 e. The number of anilines is 1. The van der Waals surface area contributed by atoms with Gasteiger partial charge in [0.2, 0.25) is 0 Å². The van der Waals surface area contributed by atoms with E-state index in [2.05, 4.69) is 20.7 Å². The van der Waals surface area contributed by atoms with Crippen molar-refractivity contribution >= 4 is 48.9 Å². The molecule has 0 spiro atoms. The van der Waals surface area contributed by atoms with Crippen LogP contribution in [0.2, 0.25) is 0 Å². The van der Waals surface area contributed by atoms with Crippen molar-refractivity contribution in [2.45, 2.75) is 4.21 Å². The largest absolute Gasteiger partial charge is 0.468 e. The van der Waals surface area contributed by atoms with Gasteiger partial charge in [-0.2, -0.15) is 0 Å². The molecular weight excluding hydrogens is 378 g/mol. The Morgan fingerprint density at radius 2 is 1.95 bits per heavy atom. The summed E-state index contributed by atoms with van der Waals surface area (Å²) in [4.78, 5) is 11.5. The van der Waals surface area contributed by atoms with Gasteiger partial charge in [-0.3, -0.25) is 9.10 Å². The maximum atomic E-state index is 12.6. The minimum atomic E-state index is -3.79. The van der Waals surface area contributed by atoms with Gasteiger partial charge in [0.15, 0.2) is 0 Å². The Labute approximate surface area is 135 Å². The number of benzene rings is 1. The van der Waals surface area contributed by atoms with E-state index in [4.69, 9.17) is 0 Å². The lowest BCUT2D eigenvalue weighted by atomic mass is 10.3. The number of nitrogens with zero attached hydrogens (tertiary/aromatic N) is 1. The molecule has 0 aliphatic rings. The van der Waals surface area contributed by atoms with Gasteiger partial charge in [0.25, 0.3) is 10.0 Å². The third-order valence-corrected chi connectivity index (χ3v) is 6.33. The first-order valence-corrected chi connectivity index (χ1v) is 8.95. The van der Waals surface area contributed by atoms with Crippen molar-refractivity contribution in [1.82, 2.24) is 0 Å².